The molecular weight excluding hydrogens is 261 g/mol. The molecule has 0 aromatic carbocycles. The number of hydrogen-bond donors (Lipinski definition) is 0. The minimum atomic E-state index is -6.44. The van der Waals surface area contributed by atoms with Crippen molar-refractivity contribution in [3.8, 4) is 0 Å². The van der Waals surface area contributed by atoms with E-state index in [9.17, 15) is 30.7 Å². The van der Waals surface area contributed by atoms with Crippen molar-refractivity contribution in [1.82, 2.24) is 0 Å². The molecule has 0 saturated carbocycles. The number of halogens is 7. The molecule has 0 heterocycles. The van der Waals surface area contributed by atoms with Gasteiger partial charge in [-0.2, -0.15) is 30.7 Å². The Hall–Kier alpha value is -0.990. The summed E-state index contributed by atoms with van der Waals surface area (Å²) in [6.45, 7) is 4.39. The zero-order valence-electron chi connectivity index (χ0n) is 8.75. The maximum absolute atomic E-state index is 12.7. The van der Waals surface area contributed by atoms with E-state index in [1.165, 1.54) is 0 Å². The molecule has 17 heavy (non-hydrogen) atoms. The van der Waals surface area contributed by atoms with Crippen molar-refractivity contribution < 1.29 is 40.2 Å². The molecule has 0 atom stereocenters. The van der Waals surface area contributed by atoms with E-state index in [1.807, 2.05) is 0 Å². The Kier molecular flexibility index (Phi) is 4.10. The molecule has 102 valence electrons. The summed E-state index contributed by atoms with van der Waals surface area (Å²) in [7, 11) is 0. The maximum atomic E-state index is 12.7. The highest BCUT2D eigenvalue weighted by molar-refractivity contribution is 4.86. The first kappa shape index (κ1) is 16.0. The van der Waals surface area contributed by atoms with E-state index >= 15 is 0 Å². The van der Waals surface area contributed by atoms with Crippen LogP contribution in [0, 0.1) is 0 Å². The van der Waals surface area contributed by atoms with E-state index in [1.54, 1.807) is 0 Å². The molecular formula is C8H9F7O2. The zero-order valence-corrected chi connectivity index (χ0v) is 8.75. The highest BCUT2D eigenvalue weighted by Gasteiger charge is 2.75. The van der Waals surface area contributed by atoms with Gasteiger partial charge in [0, 0.05) is 13.8 Å². The van der Waals surface area contributed by atoms with Gasteiger partial charge in [-0.15, -0.1) is 0 Å². The number of hydrogen-bond acceptors (Lipinski definition) is 2. The summed E-state index contributed by atoms with van der Waals surface area (Å²) >= 11 is 0. The van der Waals surface area contributed by atoms with Gasteiger partial charge in [0.05, 0.1) is 6.26 Å². The van der Waals surface area contributed by atoms with Gasteiger partial charge < -0.3 is 4.74 Å². The molecule has 2 nitrogen and oxygen atoms in total. The van der Waals surface area contributed by atoms with E-state index in [0.29, 0.717) is 6.26 Å². The van der Waals surface area contributed by atoms with Crippen LogP contribution in [0.2, 0.25) is 0 Å². The van der Waals surface area contributed by atoms with Crippen molar-refractivity contribution in [2.75, 3.05) is 0 Å². The molecule has 0 aliphatic carbocycles. The van der Waals surface area contributed by atoms with Gasteiger partial charge >= 0.3 is 18.2 Å². The van der Waals surface area contributed by atoms with Gasteiger partial charge in [-0.25, -0.2) is 0 Å². The smallest absolute Gasteiger partial charge is 0.462 e. The average Bonchev–Trinajstić information content (AvgIpc) is 1.98. The highest BCUT2D eigenvalue weighted by Crippen LogP contribution is 2.48. The molecule has 0 N–H and O–H groups in total. The molecule has 0 bridgehead atoms. The fourth-order valence-corrected chi connectivity index (χ4v) is 0.763. The van der Waals surface area contributed by atoms with Crippen LogP contribution < -0.4 is 0 Å². The SMILES string of the molecule is C=COC(C)(C)OC(F)(F)C(F)(F)C(F)(F)F. The van der Waals surface area contributed by atoms with Crippen LogP contribution in [0.1, 0.15) is 13.8 Å². The Morgan fingerprint density at radius 2 is 1.35 bits per heavy atom. The van der Waals surface area contributed by atoms with Gasteiger partial charge in [-0.05, 0) is 0 Å². The molecule has 0 aromatic heterocycles. The van der Waals surface area contributed by atoms with Crippen LogP contribution in [0.15, 0.2) is 12.8 Å². The minimum absolute atomic E-state index is 0.571. The van der Waals surface area contributed by atoms with Gasteiger partial charge in [0.1, 0.15) is 0 Å². The van der Waals surface area contributed by atoms with Crippen LogP contribution in [0.5, 0.6) is 0 Å². The van der Waals surface area contributed by atoms with Gasteiger partial charge in [0.15, 0.2) is 0 Å². The van der Waals surface area contributed by atoms with Crippen LogP contribution in [-0.2, 0) is 9.47 Å². The standard InChI is InChI=1S/C8H9F7O2/c1-4-16-5(2,3)17-8(14,15)6(9,10)7(11,12)13/h4H,1H2,2-3H3. The topological polar surface area (TPSA) is 18.5 Å². The van der Waals surface area contributed by atoms with E-state index in [2.05, 4.69) is 16.1 Å². The lowest BCUT2D eigenvalue weighted by molar-refractivity contribution is -0.458. The van der Waals surface area contributed by atoms with Gasteiger partial charge in [0.2, 0.25) is 5.79 Å². The quantitative estimate of drug-likeness (QED) is 0.431. The molecule has 0 spiro atoms. The highest BCUT2D eigenvalue weighted by atomic mass is 19.4. The van der Waals surface area contributed by atoms with Gasteiger partial charge in [-0.3, -0.25) is 4.74 Å². The predicted molar refractivity (Wildman–Crippen MR) is 42.4 cm³/mol. The van der Waals surface area contributed by atoms with Crippen molar-refractivity contribution in [2.45, 2.75) is 37.8 Å². The van der Waals surface area contributed by atoms with Crippen LogP contribution in [0.3, 0.4) is 0 Å². The molecule has 0 aromatic rings. The Bertz CT molecular complexity index is 282. The second-order valence-electron chi connectivity index (χ2n) is 3.38. The molecule has 0 saturated heterocycles. The fourth-order valence-electron chi connectivity index (χ4n) is 0.763. The summed E-state index contributed by atoms with van der Waals surface area (Å²) in [5.41, 5.74) is 0. The lowest BCUT2D eigenvalue weighted by Crippen LogP contribution is -2.56. The van der Waals surface area contributed by atoms with Gasteiger partial charge in [-0.1, -0.05) is 6.58 Å². The van der Waals surface area contributed by atoms with Crippen molar-refractivity contribution >= 4 is 0 Å². The second-order valence-corrected chi connectivity index (χ2v) is 3.38. The Labute approximate surface area is 92.0 Å². The van der Waals surface area contributed by atoms with E-state index in [4.69, 9.17) is 0 Å². The monoisotopic (exact) mass is 270 g/mol. The second kappa shape index (κ2) is 4.35. The Balaban J connectivity index is 5.09. The molecule has 0 fully saturated rings. The summed E-state index contributed by atoms with van der Waals surface area (Å²) in [6, 6.07) is 0. The lowest BCUT2D eigenvalue weighted by atomic mass is 10.3. The molecule has 0 unspecified atom stereocenters. The molecule has 0 aliphatic heterocycles. The molecule has 0 radical (unpaired) electrons. The summed E-state index contributed by atoms with van der Waals surface area (Å²) in [5.74, 6) is -8.72. The number of ether oxygens (including phenoxy) is 2. The summed E-state index contributed by atoms with van der Waals surface area (Å²) < 4.78 is 93.0. The average molecular weight is 270 g/mol. The third-order valence-electron chi connectivity index (χ3n) is 1.46. The van der Waals surface area contributed by atoms with Crippen LogP contribution in [-0.4, -0.2) is 24.0 Å². The minimum Gasteiger partial charge on any atom is -0.471 e. The van der Waals surface area contributed by atoms with E-state index < -0.39 is 24.0 Å². The van der Waals surface area contributed by atoms with Crippen LogP contribution >= 0.6 is 0 Å². The largest absolute Gasteiger partial charge is 0.471 e. The molecule has 9 heteroatoms. The summed E-state index contributed by atoms with van der Waals surface area (Å²) in [5, 5.41) is 0. The van der Waals surface area contributed by atoms with Gasteiger partial charge in [0.25, 0.3) is 0 Å². The van der Waals surface area contributed by atoms with Crippen LogP contribution in [0.4, 0.5) is 30.7 Å². The summed E-state index contributed by atoms with van der Waals surface area (Å²) in [4.78, 5) is 0. The third kappa shape index (κ3) is 3.48. The molecule has 0 amide bonds. The zero-order chi connectivity index (χ0) is 14.1. The van der Waals surface area contributed by atoms with Crippen molar-refractivity contribution in [3.63, 3.8) is 0 Å². The maximum Gasteiger partial charge on any atom is 0.462 e. The first-order chi connectivity index (χ1) is 7.27. The normalized spacial score (nSPS) is 14.6. The lowest BCUT2D eigenvalue weighted by Gasteiger charge is -2.33. The predicted octanol–water partition coefficient (Wildman–Crippen LogP) is 3.69. The van der Waals surface area contributed by atoms with E-state index in [-0.39, 0.29) is 0 Å². The van der Waals surface area contributed by atoms with E-state index in [0.717, 1.165) is 13.8 Å². The number of rotatable bonds is 5. The first-order valence-electron chi connectivity index (χ1n) is 4.08. The fraction of sp³-hybridized carbons (Fsp3) is 0.750. The van der Waals surface area contributed by atoms with Crippen LogP contribution in [0.25, 0.3) is 0 Å². The third-order valence-corrected chi connectivity index (χ3v) is 1.46. The Morgan fingerprint density at radius 3 is 1.65 bits per heavy atom. The number of alkyl halides is 7. The first-order valence-corrected chi connectivity index (χ1v) is 4.08. The Morgan fingerprint density at radius 1 is 0.941 bits per heavy atom. The molecule has 0 aliphatic rings. The van der Waals surface area contributed by atoms with Crippen molar-refractivity contribution in [3.05, 3.63) is 12.8 Å². The van der Waals surface area contributed by atoms with Crippen molar-refractivity contribution in [1.29, 1.82) is 0 Å². The van der Waals surface area contributed by atoms with Crippen molar-refractivity contribution in [2.24, 2.45) is 0 Å². The summed E-state index contributed by atoms with van der Waals surface area (Å²) in [6.07, 6.45) is -11.6. The molecule has 0 rings (SSSR count).